The third-order valence-electron chi connectivity index (χ3n) is 4.99. The minimum Gasteiger partial charge on any atom is -0.355 e. The quantitative estimate of drug-likeness (QED) is 0.135. The maximum Gasteiger partial charge on any atom is 0.0252 e. The van der Waals surface area contributed by atoms with Gasteiger partial charge in [-0.05, 0) is 75.3 Å². The van der Waals surface area contributed by atoms with Crippen LogP contribution in [-0.2, 0) is 0 Å². The zero-order valence-electron chi connectivity index (χ0n) is 19.8. The molecular formula is C27H49NS. The van der Waals surface area contributed by atoms with Gasteiger partial charge in [0.1, 0.15) is 0 Å². The van der Waals surface area contributed by atoms with Crippen molar-refractivity contribution in [1.82, 2.24) is 4.90 Å². The van der Waals surface area contributed by atoms with Gasteiger partial charge in [-0.1, -0.05) is 89.3 Å². The standard InChI is InChI=1S/C27H49NS/c1-5-8-9-10-11-12-13-14-15-16-17-18-19-20-21-22-24-29-26-27(4)25-28(7-3)23-6-2/h6-7,11-12,14-15,23,27H,3,5,8-10,13,16-22,24-26H2,1-2,4H3/b12-11-,15-14-,23-6-. The molecule has 1 unspecified atom stereocenters. The Morgan fingerprint density at radius 3 is 2.10 bits per heavy atom. The van der Waals surface area contributed by atoms with E-state index in [1.54, 1.807) is 0 Å². The van der Waals surface area contributed by atoms with E-state index in [1.807, 2.05) is 6.20 Å². The molecule has 0 bridgehead atoms. The molecule has 0 aliphatic rings. The molecule has 0 heterocycles. The average Bonchev–Trinajstić information content (AvgIpc) is 2.72. The van der Waals surface area contributed by atoms with E-state index in [9.17, 15) is 0 Å². The zero-order chi connectivity index (χ0) is 21.4. The maximum atomic E-state index is 3.88. The molecule has 0 rings (SSSR count). The summed E-state index contributed by atoms with van der Waals surface area (Å²) in [6, 6.07) is 0. The van der Waals surface area contributed by atoms with E-state index in [2.05, 4.69) is 80.6 Å². The van der Waals surface area contributed by atoms with Crippen molar-refractivity contribution in [2.24, 2.45) is 5.92 Å². The van der Waals surface area contributed by atoms with Crippen LogP contribution in [0.4, 0.5) is 0 Å². The third kappa shape index (κ3) is 21.6. The second kappa shape index (κ2) is 23.4. The Kier molecular flexibility index (Phi) is 22.7. The highest BCUT2D eigenvalue weighted by atomic mass is 32.2. The van der Waals surface area contributed by atoms with Gasteiger partial charge in [-0.15, -0.1) is 0 Å². The van der Waals surface area contributed by atoms with Crippen molar-refractivity contribution in [2.75, 3.05) is 18.1 Å². The fourth-order valence-corrected chi connectivity index (χ4v) is 4.36. The number of thioether (sulfide) groups is 1. The number of hydrogen-bond donors (Lipinski definition) is 0. The molecule has 0 saturated heterocycles. The fourth-order valence-electron chi connectivity index (χ4n) is 3.28. The van der Waals surface area contributed by atoms with Gasteiger partial charge in [0, 0.05) is 6.54 Å². The second-order valence-electron chi connectivity index (χ2n) is 8.13. The van der Waals surface area contributed by atoms with Gasteiger partial charge in [0.25, 0.3) is 0 Å². The Labute approximate surface area is 187 Å². The highest BCUT2D eigenvalue weighted by Crippen LogP contribution is 2.14. The molecule has 0 saturated carbocycles. The van der Waals surface area contributed by atoms with Crippen LogP contribution in [0.15, 0.2) is 49.4 Å². The minimum absolute atomic E-state index is 0.707. The number of rotatable bonds is 21. The lowest BCUT2D eigenvalue weighted by atomic mass is 10.1. The van der Waals surface area contributed by atoms with Crippen molar-refractivity contribution in [3.05, 3.63) is 49.4 Å². The number of unbranched alkanes of at least 4 members (excludes halogenated alkanes) is 9. The van der Waals surface area contributed by atoms with Crippen molar-refractivity contribution in [3.8, 4) is 0 Å². The summed E-state index contributed by atoms with van der Waals surface area (Å²) in [6.45, 7) is 11.6. The van der Waals surface area contributed by atoms with Gasteiger partial charge >= 0.3 is 0 Å². The first-order valence-electron chi connectivity index (χ1n) is 12.1. The SMILES string of the molecule is C=CN(/C=C\C)CC(C)CSCCCCCCCC/C=C\C/C=C\CCCCC. The molecule has 2 heteroatoms. The maximum absolute atomic E-state index is 3.88. The van der Waals surface area contributed by atoms with Crippen molar-refractivity contribution in [3.63, 3.8) is 0 Å². The van der Waals surface area contributed by atoms with Crippen molar-refractivity contribution < 1.29 is 0 Å². The highest BCUT2D eigenvalue weighted by molar-refractivity contribution is 7.99. The van der Waals surface area contributed by atoms with Crippen LogP contribution in [0, 0.1) is 5.92 Å². The van der Waals surface area contributed by atoms with Crippen LogP contribution < -0.4 is 0 Å². The zero-order valence-corrected chi connectivity index (χ0v) is 20.6. The first-order valence-corrected chi connectivity index (χ1v) is 13.3. The van der Waals surface area contributed by atoms with Crippen molar-refractivity contribution in [1.29, 1.82) is 0 Å². The van der Waals surface area contributed by atoms with Crippen LogP contribution in [0.1, 0.15) is 97.8 Å². The first kappa shape index (κ1) is 28.1. The molecule has 1 atom stereocenters. The van der Waals surface area contributed by atoms with Gasteiger partial charge in [0.05, 0.1) is 0 Å². The van der Waals surface area contributed by atoms with E-state index in [-0.39, 0.29) is 0 Å². The van der Waals surface area contributed by atoms with Gasteiger partial charge in [-0.3, -0.25) is 0 Å². The van der Waals surface area contributed by atoms with E-state index in [4.69, 9.17) is 0 Å². The van der Waals surface area contributed by atoms with Crippen molar-refractivity contribution >= 4 is 11.8 Å². The molecule has 0 radical (unpaired) electrons. The van der Waals surface area contributed by atoms with E-state index >= 15 is 0 Å². The van der Waals surface area contributed by atoms with Gasteiger partial charge in [-0.2, -0.15) is 11.8 Å². The summed E-state index contributed by atoms with van der Waals surface area (Å²) < 4.78 is 0. The first-order chi connectivity index (χ1) is 14.2. The molecule has 0 aromatic heterocycles. The van der Waals surface area contributed by atoms with Crippen molar-refractivity contribution in [2.45, 2.75) is 97.8 Å². The topological polar surface area (TPSA) is 3.24 Å². The molecule has 0 fully saturated rings. The van der Waals surface area contributed by atoms with Gasteiger partial charge in [0.15, 0.2) is 0 Å². The molecular weight excluding hydrogens is 370 g/mol. The molecule has 29 heavy (non-hydrogen) atoms. The van der Waals surface area contributed by atoms with Crippen LogP contribution >= 0.6 is 11.8 Å². The molecule has 0 spiro atoms. The predicted molar refractivity (Wildman–Crippen MR) is 138 cm³/mol. The summed E-state index contributed by atoms with van der Waals surface area (Å²) in [5.41, 5.74) is 0. The lowest BCUT2D eigenvalue weighted by molar-refractivity contribution is 0.429. The molecule has 0 N–H and O–H groups in total. The summed E-state index contributed by atoms with van der Waals surface area (Å²) in [4.78, 5) is 2.19. The summed E-state index contributed by atoms with van der Waals surface area (Å²) >= 11 is 2.12. The normalized spacial score (nSPS) is 13.1. The molecule has 168 valence electrons. The van der Waals surface area contributed by atoms with Crippen LogP contribution in [0.5, 0.6) is 0 Å². The molecule has 0 aliphatic carbocycles. The molecule has 0 aromatic rings. The van der Waals surface area contributed by atoms with E-state index < -0.39 is 0 Å². The lowest BCUT2D eigenvalue weighted by Gasteiger charge is -2.19. The summed E-state index contributed by atoms with van der Waals surface area (Å²) in [5, 5.41) is 0. The monoisotopic (exact) mass is 419 g/mol. The Hall–Kier alpha value is -0.890. The minimum atomic E-state index is 0.707. The fraction of sp³-hybridized carbons (Fsp3) is 0.704. The van der Waals surface area contributed by atoms with E-state index in [1.165, 1.54) is 82.1 Å². The second-order valence-corrected chi connectivity index (χ2v) is 9.28. The van der Waals surface area contributed by atoms with Gasteiger partial charge in [-0.25, -0.2) is 0 Å². The Morgan fingerprint density at radius 2 is 1.48 bits per heavy atom. The largest absolute Gasteiger partial charge is 0.355 e. The molecule has 0 aromatic carbocycles. The summed E-state index contributed by atoms with van der Waals surface area (Å²) in [6.07, 6.45) is 31.5. The molecule has 0 aliphatic heterocycles. The predicted octanol–water partition coefficient (Wildman–Crippen LogP) is 9.15. The third-order valence-corrected chi connectivity index (χ3v) is 6.37. The van der Waals surface area contributed by atoms with Crippen LogP contribution in [-0.4, -0.2) is 23.0 Å². The van der Waals surface area contributed by atoms with E-state index in [0.717, 1.165) is 13.0 Å². The Bertz CT molecular complexity index is 424. The number of hydrogen-bond acceptors (Lipinski definition) is 2. The Morgan fingerprint density at radius 1 is 0.862 bits per heavy atom. The van der Waals surface area contributed by atoms with Crippen LogP contribution in [0.3, 0.4) is 0 Å². The summed E-state index contributed by atoms with van der Waals surface area (Å²) in [5.74, 6) is 3.28. The lowest BCUT2D eigenvalue weighted by Crippen LogP contribution is -2.19. The number of nitrogens with zero attached hydrogens (tertiary/aromatic N) is 1. The van der Waals surface area contributed by atoms with E-state index in [0.29, 0.717) is 5.92 Å². The highest BCUT2D eigenvalue weighted by Gasteiger charge is 2.04. The van der Waals surface area contributed by atoms with Gasteiger partial charge in [0.2, 0.25) is 0 Å². The smallest absolute Gasteiger partial charge is 0.0252 e. The van der Waals surface area contributed by atoms with Gasteiger partial charge < -0.3 is 4.90 Å². The molecule has 1 nitrogen and oxygen atoms in total. The Balaban J connectivity index is 3.35. The molecule has 0 amide bonds. The van der Waals surface area contributed by atoms with Crippen LogP contribution in [0.25, 0.3) is 0 Å². The summed E-state index contributed by atoms with van der Waals surface area (Å²) in [7, 11) is 0. The van der Waals surface area contributed by atoms with Crippen LogP contribution in [0.2, 0.25) is 0 Å². The number of allylic oxidation sites excluding steroid dienone is 5. The average molecular weight is 420 g/mol.